The van der Waals surface area contributed by atoms with Gasteiger partial charge in [-0.1, -0.05) is 72.8 Å². The second-order valence-electron chi connectivity index (χ2n) is 8.91. The van der Waals surface area contributed by atoms with Gasteiger partial charge in [-0.05, 0) is 44.7 Å². The van der Waals surface area contributed by atoms with E-state index in [0.717, 1.165) is 28.5 Å². The van der Waals surface area contributed by atoms with Gasteiger partial charge in [0.15, 0.2) is 0 Å². The number of rotatable bonds is 1. The Morgan fingerprint density at radius 3 is 2.00 bits per heavy atom. The van der Waals surface area contributed by atoms with Crippen LogP contribution in [-0.2, 0) is 0 Å². The molecule has 5 aromatic carbocycles. The topological polar surface area (TPSA) is 23.4 Å². The molecule has 0 fully saturated rings. The maximum atomic E-state index is 6.69. The fourth-order valence-corrected chi connectivity index (χ4v) is 8.26. The van der Waals surface area contributed by atoms with Gasteiger partial charge in [0.05, 0.1) is 22.5 Å². The van der Waals surface area contributed by atoms with Crippen LogP contribution in [-0.4, -0.2) is 19.0 Å². The van der Waals surface area contributed by atoms with Crippen molar-refractivity contribution in [3.63, 3.8) is 0 Å². The fraction of sp³-hybridized carbons (Fsp3) is 0. The summed E-state index contributed by atoms with van der Waals surface area (Å²) in [6.45, 7) is 0. The molecule has 4 heteroatoms. The molecule has 0 saturated heterocycles. The molecule has 0 radical (unpaired) electrons. The van der Waals surface area contributed by atoms with Crippen molar-refractivity contribution in [2.45, 2.75) is 0 Å². The van der Waals surface area contributed by atoms with Gasteiger partial charge < -0.3 is 13.1 Å². The second-order valence-corrected chi connectivity index (χ2v) is 11.1. The van der Waals surface area contributed by atoms with E-state index in [4.69, 9.17) is 8.53 Å². The van der Waals surface area contributed by atoms with Gasteiger partial charge in [0, 0.05) is 22.4 Å². The first-order chi connectivity index (χ1) is 16.9. The van der Waals surface area contributed by atoms with E-state index >= 15 is 0 Å². The highest BCUT2D eigenvalue weighted by atomic mass is 27.2. The zero-order valence-corrected chi connectivity index (χ0v) is 19.4. The Morgan fingerprint density at radius 1 is 0.559 bits per heavy atom. The average Bonchev–Trinajstić information content (AvgIpc) is 3.23. The van der Waals surface area contributed by atoms with Gasteiger partial charge in [0.1, 0.15) is 11.5 Å². The summed E-state index contributed by atoms with van der Waals surface area (Å²) in [5.74, 6) is 2.80. The van der Waals surface area contributed by atoms with Gasteiger partial charge in [-0.2, -0.15) is 0 Å². The van der Waals surface area contributed by atoms with Crippen molar-refractivity contribution in [1.29, 1.82) is 0 Å². The summed E-state index contributed by atoms with van der Waals surface area (Å²) in [4.78, 5) is 0. The summed E-state index contributed by atoms with van der Waals surface area (Å²) >= 11 is -1.92. The second kappa shape index (κ2) is 6.77. The average molecular weight is 451 g/mol. The van der Waals surface area contributed by atoms with Crippen LogP contribution in [0, 0.1) is 0 Å². The SMILES string of the molecule is c1ccc2c(c1)[O][Al]1[c]3ccccc3Oc3cc(-n4c5ccccc5c5ccccc54)cc-2[c]31. The normalized spacial score (nSPS) is 13.1. The van der Waals surface area contributed by atoms with E-state index in [2.05, 4.69) is 108 Å². The lowest BCUT2D eigenvalue weighted by atomic mass is 10.0. The van der Waals surface area contributed by atoms with E-state index in [0.29, 0.717) is 0 Å². The molecule has 0 bridgehead atoms. The minimum atomic E-state index is -1.92. The Balaban J connectivity index is 1.48. The van der Waals surface area contributed by atoms with Crippen molar-refractivity contribution in [1.82, 2.24) is 4.57 Å². The molecule has 0 saturated carbocycles. The first-order valence-corrected chi connectivity index (χ1v) is 13.2. The van der Waals surface area contributed by atoms with Gasteiger partial charge in [0.25, 0.3) is 0 Å². The Kier molecular flexibility index (Phi) is 3.68. The third-order valence-corrected chi connectivity index (χ3v) is 9.72. The Morgan fingerprint density at radius 2 is 1.21 bits per heavy atom. The molecule has 0 atom stereocenters. The van der Waals surface area contributed by atoms with Crippen molar-refractivity contribution >= 4 is 45.1 Å². The zero-order chi connectivity index (χ0) is 22.2. The maximum Gasteiger partial charge on any atom is 0.639 e. The van der Waals surface area contributed by atoms with Crippen LogP contribution in [0.15, 0.2) is 109 Å². The highest BCUT2D eigenvalue weighted by Gasteiger charge is 2.44. The monoisotopic (exact) mass is 451 g/mol. The van der Waals surface area contributed by atoms with Crippen LogP contribution in [0.5, 0.6) is 17.2 Å². The fourth-order valence-electron chi connectivity index (χ4n) is 5.62. The molecule has 158 valence electrons. The van der Waals surface area contributed by atoms with Gasteiger partial charge in [-0.25, -0.2) is 0 Å². The number of nitrogens with zero attached hydrogens (tertiary/aromatic N) is 1. The van der Waals surface area contributed by atoms with E-state index in [1.54, 1.807) is 0 Å². The van der Waals surface area contributed by atoms with Crippen molar-refractivity contribution < 1.29 is 8.53 Å². The molecule has 0 spiro atoms. The van der Waals surface area contributed by atoms with Crippen LogP contribution in [0.25, 0.3) is 38.6 Å². The highest BCUT2D eigenvalue weighted by Crippen LogP contribution is 2.41. The molecule has 6 aromatic rings. The number of ether oxygens (including phenoxy) is 1. The van der Waals surface area contributed by atoms with Crippen molar-refractivity contribution in [2.24, 2.45) is 0 Å². The van der Waals surface area contributed by atoms with Crippen molar-refractivity contribution in [3.05, 3.63) is 109 Å². The summed E-state index contributed by atoms with van der Waals surface area (Å²) in [7, 11) is 0. The molecule has 3 nitrogen and oxygen atoms in total. The van der Waals surface area contributed by atoms with E-state index in [1.165, 1.54) is 36.2 Å². The van der Waals surface area contributed by atoms with Crippen LogP contribution in [0.2, 0.25) is 0 Å². The number of hydrogen-bond donors (Lipinski definition) is 0. The number of benzene rings is 5. The molecule has 2 aliphatic rings. The molecule has 0 amide bonds. The molecule has 1 aromatic heterocycles. The smallest absolute Gasteiger partial charge is 0.636 e. The summed E-state index contributed by atoms with van der Waals surface area (Å²) in [5, 5.41) is 2.51. The van der Waals surface area contributed by atoms with Crippen LogP contribution >= 0.6 is 0 Å². The van der Waals surface area contributed by atoms with E-state index in [1.807, 2.05) is 6.07 Å². The Labute approximate surface area is 201 Å². The molecule has 0 N–H and O–H groups in total. The van der Waals surface area contributed by atoms with Gasteiger partial charge in [-0.15, -0.1) is 0 Å². The molecule has 2 aliphatic heterocycles. The van der Waals surface area contributed by atoms with E-state index in [-0.39, 0.29) is 0 Å². The molecular formula is C30H18AlNO2. The summed E-state index contributed by atoms with van der Waals surface area (Å²) < 4.78 is 18.0. The largest absolute Gasteiger partial charge is 0.639 e. The third-order valence-electron chi connectivity index (χ3n) is 7.07. The molecule has 3 heterocycles. The van der Waals surface area contributed by atoms with Crippen molar-refractivity contribution in [2.75, 3.05) is 0 Å². The van der Waals surface area contributed by atoms with Gasteiger partial charge >= 0.3 is 14.5 Å². The number of fused-ring (bicyclic) bond motifs is 7. The summed E-state index contributed by atoms with van der Waals surface area (Å²) in [6.07, 6.45) is 0. The van der Waals surface area contributed by atoms with E-state index < -0.39 is 14.5 Å². The maximum absolute atomic E-state index is 6.69. The lowest BCUT2D eigenvalue weighted by molar-refractivity contribution is 0.479. The molecule has 0 unspecified atom stereocenters. The van der Waals surface area contributed by atoms with Gasteiger partial charge in [0.2, 0.25) is 0 Å². The Bertz CT molecular complexity index is 1730. The van der Waals surface area contributed by atoms with Crippen LogP contribution < -0.4 is 17.4 Å². The predicted octanol–water partition coefficient (Wildman–Crippen LogP) is 6.05. The number of hydrogen-bond acceptors (Lipinski definition) is 2. The lowest BCUT2D eigenvalue weighted by Crippen LogP contribution is -2.53. The molecule has 0 aliphatic carbocycles. The first kappa shape index (κ1) is 18.5. The van der Waals surface area contributed by atoms with Crippen LogP contribution in [0.4, 0.5) is 0 Å². The Hall–Kier alpha value is -3.97. The molecule has 8 rings (SSSR count). The zero-order valence-electron chi connectivity index (χ0n) is 18.2. The first-order valence-electron chi connectivity index (χ1n) is 11.6. The minimum absolute atomic E-state index is 0.913. The molecule has 34 heavy (non-hydrogen) atoms. The predicted molar refractivity (Wildman–Crippen MR) is 138 cm³/mol. The quantitative estimate of drug-likeness (QED) is 0.284. The third kappa shape index (κ3) is 2.42. The van der Waals surface area contributed by atoms with Crippen LogP contribution in [0.1, 0.15) is 0 Å². The molecular weight excluding hydrogens is 433 g/mol. The summed E-state index contributed by atoms with van der Waals surface area (Å²) in [6, 6.07) is 38.5. The van der Waals surface area contributed by atoms with Crippen LogP contribution in [0.3, 0.4) is 0 Å². The lowest BCUT2D eigenvalue weighted by Gasteiger charge is -2.33. The van der Waals surface area contributed by atoms with Crippen molar-refractivity contribution in [3.8, 4) is 34.1 Å². The minimum Gasteiger partial charge on any atom is -0.636 e. The standard InChI is InChI=1S/C30H19NO2.Al/c32-30-17-9-6-12-25(30)21-18-22(20-24(19-21)33-23-10-2-1-3-11-23)31-28-15-7-4-13-26(28)27-14-5-8-16-29(27)31;/h1-10,12-18,20,32H;/q;+1/p-1. The number of para-hydroxylation sites is 4. The summed E-state index contributed by atoms with van der Waals surface area (Å²) in [5.41, 5.74) is 5.85. The highest BCUT2D eigenvalue weighted by molar-refractivity contribution is 6.84. The number of aromatic nitrogens is 1. The van der Waals surface area contributed by atoms with E-state index in [9.17, 15) is 0 Å². The van der Waals surface area contributed by atoms with Gasteiger partial charge in [-0.3, -0.25) is 0 Å².